The number of thioether (sulfide) groups is 1. The molecule has 3 N–H and O–H groups in total. The summed E-state index contributed by atoms with van der Waals surface area (Å²) in [6.07, 6.45) is 1.96. The van der Waals surface area contributed by atoms with Gasteiger partial charge in [0.05, 0.1) is 11.3 Å². The monoisotopic (exact) mass is 207 g/mol. The lowest BCUT2D eigenvalue weighted by Crippen LogP contribution is -2.13. The zero-order chi connectivity index (χ0) is 10.4. The second-order valence-corrected chi connectivity index (χ2v) is 3.56. The van der Waals surface area contributed by atoms with Crippen LogP contribution in [0.1, 0.15) is 5.56 Å². The number of nitriles is 1. The summed E-state index contributed by atoms with van der Waals surface area (Å²) in [7, 11) is 0. The molecule has 1 aromatic rings. The van der Waals surface area contributed by atoms with Gasteiger partial charge in [-0.25, -0.2) is 0 Å². The van der Waals surface area contributed by atoms with Crippen LogP contribution in [0.25, 0.3) is 0 Å². The van der Waals surface area contributed by atoms with E-state index in [2.05, 4.69) is 11.4 Å². The standard InChI is InChI=1S/C10H13N3S/c1-14-10-4-2-3-9(8(10)7-12)13-6-5-11/h2-4,13H,5-6,11H2,1H3. The molecule has 0 atom stereocenters. The highest BCUT2D eigenvalue weighted by Gasteiger charge is 2.05. The Kier molecular flexibility index (Phi) is 4.30. The van der Waals surface area contributed by atoms with Crippen LogP contribution in [-0.2, 0) is 0 Å². The first kappa shape index (κ1) is 10.9. The fraction of sp³-hybridized carbons (Fsp3) is 0.300. The van der Waals surface area contributed by atoms with Crippen molar-refractivity contribution in [1.29, 1.82) is 5.26 Å². The molecule has 4 heteroatoms. The van der Waals surface area contributed by atoms with Crippen LogP contribution in [0.15, 0.2) is 23.1 Å². The van der Waals surface area contributed by atoms with Gasteiger partial charge in [0.2, 0.25) is 0 Å². The summed E-state index contributed by atoms with van der Waals surface area (Å²) in [6, 6.07) is 7.97. The van der Waals surface area contributed by atoms with Crippen molar-refractivity contribution in [2.75, 3.05) is 24.7 Å². The SMILES string of the molecule is CSc1cccc(NCCN)c1C#N. The fourth-order valence-corrected chi connectivity index (χ4v) is 1.75. The number of nitrogens with two attached hydrogens (primary N) is 1. The van der Waals surface area contributed by atoms with Crippen LogP contribution in [0, 0.1) is 11.3 Å². The van der Waals surface area contributed by atoms with E-state index < -0.39 is 0 Å². The van der Waals surface area contributed by atoms with Crippen molar-refractivity contribution >= 4 is 17.4 Å². The quantitative estimate of drug-likeness (QED) is 0.737. The predicted octanol–water partition coefficient (Wildman–Crippen LogP) is 1.65. The van der Waals surface area contributed by atoms with Gasteiger partial charge < -0.3 is 11.1 Å². The van der Waals surface area contributed by atoms with E-state index in [1.165, 1.54) is 0 Å². The highest BCUT2D eigenvalue weighted by molar-refractivity contribution is 7.98. The Labute approximate surface area is 88.3 Å². The van der Waals surface area contributed by atoms with Crippen molar-refractivity contribution in [2.45, 2.75) is 4.90 Å². The molecule has 0 bridgehead atoms. The number of anilines is 1. The maximum atomic E-state index is 9.00. The highest BCUT2D eigenvalue weighted by atomic mass is 32.2. The molecule has 0 unspecified atom stereocenters. The summed E-state index contributed by atoms with van der Waals surface area (Å²) < 4.78 is 0. The Hall–Kier alpha value is -1.18. The van der Waals surface area contributed by atoms with Gasteiger partial charge in [0.1, 0.15) is 6.07 Å². The lowest BCUT2D eigenvalue weighted by molar-refractivity contribution is 1.02. The number of nitrogens with zero attached hydrogens (tertiary/aromatic N) is 1. The summed E-state index contributed by atoms with van der Waals surface area (Å²) in [5.74, 6) is 0. The van der Waals surface area contributed by atoms with Crippen LogP contribution in [0.3, 0.4) is 0 Å². The minimum Gasteiger partial charge on any atom is -0.383 e. The zero-order valence-electron chi connectivity index (χ0n) is 8.08. The Morgan fingerprint density at radius 3 is 2.93 bits per heavy atom. The van der Waals surface area contributed by atoms with Crippen LogP contribution < -0.4 is 11.1 Å². The summed E-state index contributed by atoms with van der Waals surface area (Å²) in [4.78, 5) is 0.995. The number of benzene rings is 1. The van der Waals surface area contributed by atoms with E-state index in [1.807, 2.05) is 24.5 Å². The van der Waals surface area contributed by atoms with E-state index in [0.29, 0.717) is 18.7 Å². The van der Waals surface area contributed by atoms with Crippen LogP contribution in [-0.4, -0.2) is 19.3 Å². The first-order valence-electron chi connectivity index (χ1n) is 4.34. The van der Waals surface area contributed by atoms with Crippen molar-refractivity contribution in [3.63, 3.8) is 0 Å². The normalized spacial score (nSPS) is 9.50. The molecule has 0 aliphatic carbocycles. The molecule has 74 valence electrons. The van der Waals surface area contributed by atoms with Crippen LogP contribution in [0.4, 0.5) is 5.69 Å². The van der Waals surface area contributed by atoms with Gasteiger partial charge in [-0.1, -0.05) is 6.07 Å². The minimum absolute atomic E-state index is 0.564. The third kappa shape index (κ3) is 2.41. The Bertz CT molecular complexity index is 344. The van der Waals surface area contributed by atoms with Gasteiger partial charge in [0, 0.05) is 18.0 Å². The third-order valence-corrected chi connectivity index (χ3v) is 2.60. The molecule has 3 nitrogen and oxygen atoms in total. The average Bonchev–Trinajstić information content (AvgIpc) is 2.25. The van der Waals surface area contributed by atoms with Gasteiger partial charge in [-0.15, -0.1) is 11.8 Å². The number of nitrogens with one attached hydrogen (secondary N) is 1. The molecular weight excluding hydrogens is 194 g/mol. The van der Waals surface area contributed by atoms with Crippen molar-refractivity contribution in [1.82, 2.24) is 0 Å². The predicted molar refractivity (Wildman–Crippen MR) is 60.5 cm³/mol. The van der Waals surface area contributed by atoms with Crippen molar-refractivity contribution in [2.24, 2.45) is 5.73 Å². The Morgan fingerprint density at radius 1 is 1.57 bits per heavy atom. The molecule has 0 radical (unpaired) electrons. The maximum absolute atomic E-state index is 9.00. The molecule has 1 aromatic carbocycles. The van der Waals surface area contributed by atoms with Gasteiger partial charge in [-0.3, -0.25) is 0 Å². The number of rotatable bonds is 4. The molecular formula is C10H13N3S. The van der Waals surface area contributed by atoms with Crippen LogP contribution in [0.2, 0.25) is 0 Å². The van der Waals surface area contributed by atoms with Crippen molar-refractivity contribution in [3.8, 4) is 6.07 Å². The summed E-state index contributed by atoms with van der Waals surface area (Å²) in [5, 5.41) is 12.1. The molecule has 0 amide bonds. The first-order valence-corrected chi connectivity index (χ1v) is 5.57. The molecule has 0 saturated heterocycles. The summed E-state index contributed by atoms with van der Waals surface area (Å²) >= 11 is 1.57. The van der Waals surface area contributed by atoms with Crippen LogP contribution >= 0.6 is 11.8 Å². The van der Waals surface area contributed by atoms with E-state index in [-0.39, 0.29) is 0 Å². The largest absolute Gasteiger partial charge is 0.383 e. The number of hydrogen-bond acceptors (Lipinski definition) is 4. The highest BCUT2D eigenvalue weighted by Crippen LogP contribution is 2.25. The lowest BCUT2D eigenvalue weighted by atomic mass is 10.2. The van der Waals surface area contributed by atoms with Gasteiger partial charge in [0.15, 0.2) is 0 Å². The fourth-order valence-electron chi connectivity index (χ4n) is 1.17. The maximum Gasteiger partial charge on any atom is 0.102 e. The summed E-state index contributed by atoms with van der Waals surface area (Å²) in [5.41, 5.74) is 6.96. The molecule has 0 heterocycles. The molecule has 0 spiro atoms. The topological polar surface area (TPSA) is 61.8 Å². The Balaban J connectivity index is 2.98. The third-order valence-electron chi connectivity index (χ3n) is 1.82. The molecule has 0 aromatic heterocycles. The van der Waals surface area contributed by atoms with E-state index in [0.717, 1.165) is 10.6 Å². The van der Waals surface area contributed by atoms with E-state index >= 15 is 0 Å². The van der Waals surface area contributed by atoms with Crippen molar-refractivity contribution < 1.29 is 0 Å². The first-order chi connectivity index (χ1) is 6.83. The average molecular weight is 207 g/mol. The van der Waals surface area contributed by atoms with Crippen LogP contribution in [0.5, 0.6) is 0 Å². The van der Waals surface area contributed by atoms with E-state index in [1.54, 1.807) is 11.8 Å². The zero-order valence-corrected chi connectivity index (χ0v) is 8.90. The second-order valence-electron chi connectivity index (χ2n) is 2.71. The molecule has 14 heavy (non-hydrogen) atoms. The number of hydrogen-bond donors (Lipinski definition) is 2. The second kappa shape index (κ2) is 5.53. The van der Waals surface area contributed by atoms with Crippen molar-refractivity contribution in [3.05, 3.63) is 23.8 Å². The van der Waals surface area contributed by atoms with E-state index in [9.17, 15) is 0 Å². The van der Waals surface area contributed by atoms with Gasteiger partial charge in [0.25, 0.3) is 0 Å². The molecule has 0 fully saturated rings. The molecule has 1 rings (SSSR count). The Morgan fingerprint density at radius 2 is 2.36 bits per heavy atom. The summed E-state index contributed by atoms with van der Waals surface area (Å²) in [6.45, 7) is 1.25. The smallest absolute Gasteiger partial charge is 0.102 e. The van der Waals surface area contributed by atoms with Gasteiger partial charge >= 0.3 is 0 Å². The van der Waals surface area contributed by atoms with Gasteiger partial charge in [-0.05, 0) is 18.4 Å². The van der Waals surface area contributed by atoms with E-state index in [4.69, 9.17) is 11.0 Å². The minimum atomic E-state index is 0.564. The van der Waals surface area contributed by atoms with Gasteiger partial charge in [-0.2, -0.15) is 5.26 Å². The lowest BCUT2D eigenvalue weighted by Gasteiger charge is -2.08. The molecule has 0 aliphatic heterocycles. The molecule has 0 saturated carbocycles. The molecule has 0 aliphatic rings.